The topological polar surface area (TPSA) is 77.4 Å². The number of hydrogen-bond acceptors (Lipinski definition) is 6. The molecule has 2 N–H and O–H groups in total. The van der Waals surface area contributed by atoms with Gasteiger partial charge >= 0.3 is 0 Å². The summed E-state index contributed by atoms with van der Waals surface area (Å²) >= 11 is 0. The second-order valence-corrected chi connectivity index (χ2v) is 8.36. The lowest BCUT2D eigenvalue weighted by molar-refractivity contribution is -0.274. The highest BCUT2D eigenvalue weighted by Gasteiger charge is 2.47. The van der Waals surface area contributed by atoms with Crippen molar-refractivity contribution in [3.63, 3.8) is 0 Å². The van der Waals surface area contributed by atoms with E-state index in [0.717, 1.165) is 16.7 Å². The fourth-order valence-electron chi connectivity index (χ4n) is 4.18. The quantitative estimate of drug-likeness (QED) is 0.452. The van der Waals surface area contributed by atoms with Crippen molar-refractivity contribution in [2.45, 2.75) is 50.3 Å². The molecule has 180 valence electrons. The van der Waals surface area contributed by atoms with Crippen molar-refractivity contribution in [3.8, 4) is 0 Å². The summed E-state index contributed by atoms with van der Waals surface area (Å²) in [5.41, 5.74) is 3.03. The standard InChI is InChI=1S/C28H32O6/c29-16-24-26(31-18-21-10-4-1-5-11-21)28(33-20-23-14-8-3-9-15-23)27(25(17-30)34-24)32-19-22-12-6-2-7-13-22/h1-15,24-30H,16-20H2/t24-,25+,26-,27-,28?/m0/s1. The summed E-state index contributed by atoms with van der Waals surface area (Å²) in [4.78, 5) is 0. The van der Waals surface area contributed by atoms with E-state index in [0.29, 0.717) is 19.8 Å². The van der Waals surface area contributed by atoms with E-state index in [1.807, 2.05) is 91.0 Å². The maximum absolute atomic E-state index is 10.1. The normalized spacial score (nSPS) is 24.7. The van der Waals surface area contributed by atoms with E-state index in [9.17, 15) is 10.2 Å². The second kappa shape index (κ2) is 12.8. The lowest BCUT2D eigenvalue weighted by atomic mass is 9.94. The monoisotopic (exact) mass is 464 g/mol. The van der Waals surface area contributed by atoms with Crippen LogP contribution in [0, 0.1) is 0 Å². The van der Waals surface area contributed by atoms with Gasteiger partial charge in [-0.25, -0.2) is 0 Å². The fraction of sp³-hybridized carbons (Fsp3) is 0.357. The first-order valence-corrected chi connectivity index (χ1v) is 11.6. The van der Waals surface area contributed by atoms with E-state index in [4.69, 9.17) is 18.9 Å². The van der Waals surface area contributed by atoms with Crippen LogP contribution in [0.3, 0.4) is 0 Å². The average Bonchev–Trinajstić information content (AvgIpc) is 2.91. The van der Waals surface area contributed by atoms with Gasteiger partial charge in [0.1, 0.15) is 30.5 Å². The van der Waals surface area contributed by atoms with Gasteiger partial charge in [-0.15, -0.1) is 0 Å². The minimum Gasteiger partial charge on any atom is -0.394 e. The third-order valence-corrected chi connectivity index (χ3v) is 5.95. The van der Waals surface area contributed by atoms with Gasteiger partial charge < -0.3 is 29.2 Å². The maximum atomic E-state index is 10.1. The van der Waals surface area contributed by atoms with Gasteiger partial charge in [0.25, 0.3) is 0 Å². The van der Waals surface area contributed by atoms with E-state index >= 15 is 0 Å². The van der Waals surface area contributed by atoms with Gasteiger partial charge in [-0.05, 0) is 16.7 Å². The van der Waals surface area contributed by atoms with Crippen molar-refractivity contribution in [2.75, 3.05) is 13.2 Å². The van der Waals surface area contributed by atoms with E-state index < -0.39 is 30.5 Å². The highest BCUT2D eigenvalue weighted by molar-refractivity contribution is 5.15. The van der Waals surface area contributed by atoms with Crippen molar-refractivity contribution in [1.82, 2.24) is 0 Å². The molecule has 0 aromatic heterocycles. The predicted octanol–water partition coefficient (Wildman–Crippen LogP) is 3.49. The Morgan fingerprint density at radius 2 is 0.824 bits per heavy atom. The molecule has 0 spiro atoms. The zero-order valence-electron chi connectivity index (χ0n) is 19.1. The summed E-state index contributed by atoms with van der Waals surface area (Å²) in [7, 11) is 0. The number of aliphatic hydroxyl groups is 2. The second-order valence-electron chi connectivity index (χ2n) is 8.36. The van der Waals surface area contributed by atoms with Crippen molar-refractivity contribution in [3.05, 3.63) is 108 Å². The molecule has 0 amide bonds. The zero-order chi connectivity index (χ0) is 23.6. The molecular weight excluding hydrogens is 432 g/mol. The van der Waals surface area contributed by atoms with Crippen LogP contribution in [0.5, 0.6) is 0 Å². The lowest BCUT2D eigenvalue weighted by Gasteiger charge is -2.45. The van der Waals surface area contributed by atoms with Gasteiger partial charge in [-0.3, -0.25) is 0 Å². The first-order valence-electron chi connectivity index (χ1n) is 11.6. The Hall–Kier alpha value is -2.58. The third-order valence-electron chi connectivity index (χ3n) is 5.95. The summed E-state index contributed by atoms with van der Waals surface area (Å²) in [6, 6.07) is 29.5. The third kappa shape index (κ3) is 6.51. The molecule has 6 heteroatoms. The fourth-order valence-corrected chi connectivity index (χ4v) is 4.18. The van der Waals surface area contributed by atoms with Crippen LogP contribution in [0.4, 0.5) is 0 Å². The number of aliphatic hydroxyl groups excluding tert-OH is 2. The molecule has 1 aliphatic heterocycles. The van der Waals surface area contributed by atoms with E-state index in [1.165, 1.54) is 0 Å². The molecule has 1 saturated heterocycles. The Labute approximate surface area is 200 Å². The molecule has 3 aromatic carbocycles. The Balaban J connectivity index is 1.56. The number of benzene rings is 3. The highest BCUT2D eigenvalue weighted by Crippen LogP contribution is 2.30. The molecule has 1 heterocycles. The van der Waals surface area contributed by atoms with Crippen LogP contribution in [-0.2, 0) is 38.8 Å². The predicted molar refractivity (Wildman–Crippen MR) is 128 cm³/mol. The van der Waals surface area contributed by atoms with Gasteiger partial charge in [0.2, 0.25) is 0 Å². The molecule has 3 aromatic rings. The van der Waals surface area contributed by atoms with Crippen molar-refractivity contribution < 1.29 is 29.2 Å². The van der Waals surface area contributed by atoms with Crippen LogP contribution in [0.15, 0.2) is 91.0 Å². The van der Waals surface area contributed by atoms with Gasteiger partial charge in [0.05, 0.1) is 33.0 Å². The number of hydrogen-bond donors (Lipinski definition) is 2. The van der Waals surface area contributed by atoms with Gasteiger partial charge in [0, 0.05) is 0 Å². The molecule has 1 aliphatic rings. The van der Waals surface area contributed by atoms with Crippen LogP contribution in [0.2, 0.25) is 0 Å². The molecule has 0 radical (unpaired) electrons. The molecule has 5 atom stereocenters. The van der Waals surface area contributed by atoms with E-state index in [-0.39, 0.29) is 13.2 Å². The Bertz CT molecular complexity index is 895. The molecule has 6 nitrogen and oxygen atoms in total. The van der Waals surface area contributed by atoms with Crippen LogP contribution in [-0.4, -0.2) is 53.9 Å². The van der Waals surface area contributed by atoms with Crippen LogP contribution < -0.4 is 0 Å². The number of rotatable bonds is 11. The van der Waals surface area contributed by atoms with Crippen molar-refractivity contribution >= 4 is 0 Å². The van der Waals surface area contributed by atoms with Crippen LogP contribution in [0.25, 0.3) is 0 Å². The summed E-state index contributed by atoms with van der Waals surface area (Å²) < 4.78 is 25.0. The Morgan fingerprint density at radius 3 is 1.15 bits per heavy atom. The Morgan fingerprint density at radius 1 is 0.500 bits per heavy atom. The van der Waals surface area contributed by atoms with Crippen molar-refractivity contribution in [2.24, 2.45) is 0 Å². The summed E-state index contributed by atoms with van der Waals surface area (Å²) in [5, 5.41) is 20.2. The molecule has 0 aliphatic carbocycles. The molecule has 34 heavy (non-hydrogen) atoms. The highest BCUT2D eigenvalue weighted by atomic mass is 16.6. The van der Waals surface area contributed by atoms with Crippen LogP contribution >= 0.6 is 0 Å². The molecule has 1 unspecified atom stereocenters. The molecule has 1 fully saturated rings. The van der Waals surface area contributed by atoms with Crippen molar-refractivity contribution in [1.29, 1.82) is 0 Å². The molecule has 0 bridgehead atoms. The smallest absolute Gasteiger partial charge is 0.115 e. The minimum absolute atomic E-state index is 0.257. The average molecular weight is 465 g/mol. The molecule has 0 saturated carbocycles. The van der Waals surface area contributed by atoms with Gasteiger partial charge in [-0.2, -0.15) is 0 Å². The molecule has 4 rings (SSSR count). The zero-order valence-corrected chi connectivity index (χ0v) is 19.1. The maximum Gasteiger partial charge on any atom is 0.115 e. The lowest BCUT2D eigenvalue weighted by Crippen LogP contribution is -2.61. The van der Waals surface area contributed by atoms with E-state index in [2.05, 4.69) is 0 Å². The summed E-state index contributed by atoms with van der Waals surface area (Å²) in [6.07, 6.45) is -3.04. The minimum atomic E-state index is -0.654. The first kappa shape index (κ1) is 24.5. The Kier molecular flexibility index (Phi) is 9.21. The van der Waals surface area contributed by atoms with Gasteiger partial charge in [0.15, 0.2) is 0 Å². The summed E-state index contributed by atoms with van der Waals surface area (Å²) in [5.74, 6) is 0. The number of ether oxygens (including phenoxy) is 4. The molecular formula is C28H32O6. The largest absolute Gasteiger partial charge is 0.394 e. The SMILES string of the molecule is OC[C@@H]1O[C@H](CO)[C@H](OCc2ccccc2)C(OCc2ccccc2)[C@H]1OCc1ccccc1. The first-order chi connectivity index (χ1) is 16.8. The van der Waals surface area contributed by atoms with E-state index in [1.54, 1.807) is 0 Å². The van der Waals surface area contributed by atoms with Crippen LogP contribution in [0.1, 0.15) is 16.7 Å². The summed E-state index contributed by atoms with van der Waals surface area (Å²) in [6.45, 7) is 0.509. The van der Waals surface area contributed by atoms with Gasteiger partial charge in [-0.1, -0.05) is 91.0 Å².